The van der Waals surface area contributed by atoms with E-state index in [0.29, 0.717) is 12.6 Å². The van der Waals surface area contributed by atoms with E-state index < -0.39 is 5.60 Å². The van der Waals surface area contributed by atoms with E-state index in [1.807, 2.05) is 20.8 Å². The van der Waals surface area contributed by atoms with Crippen LogP contribution in [0.3, 0.4) is 0 Å². The van der Waals surface area contributed by atoms with Crippen LogP contribution in [-0.2, 0) is 4.74 Å². The van der Waals surface area contributed by atoms with Crippen LogP contribution in [0.15, 0.2) is 72.8 Å². The van der Waals surface area contributed by atoms with E-state index in [-0.39, 0.29) is 12.1 Å². The Morgan fingerprint density at radius 1 is 0.756 bits per heavy atom. The minimum atomic E-state index is -0.528. The number of likely N-dealkylation sites (tertiary alicyclic amines) is 1. The first-order valence-electron chi connectivity index (χ1n) is 16.0. The van der Waals surface area contributed by atoms with E-state index in [4.69, 9.17) is 14.7 Å². The van der Waals surface area contributed by atoms with Crippen LogP contribution >= 0.6 is 0 Å². The molecule has 4 aromatic carbocycles. The van der Waals surface area contributed by atoms with Gasteiger partial charge in [0.25, 0.3) is 0 Å². The molecule has 1 unspecified atom stereocenters. The standard InChI is InChI=1S/C37H38N6O2/c1-37(2,3)45-36(44)43-17-5-7-33(43)35-40-29-15-13-27(21-32(29)42-35)25-11-9-22-18-24(10-8-23(22)19-25)26-12-14-28-31(20-26)41-34(39-28)30-6-4-16-38-30/h8-15,18-21,30,33,38H,4-7,16-17H2,1-3H3,(H,39,41)(H,40,42)/t30?,33-/m0/s1. The Labute approximate surface area is 262 Å². The van der Waals surface area contributed by atoms with Gasteiger partial charge in [-0.2, -0.15) is 0 Å². The number of H-pyrrole nitrogens is 2. The van der Waals surface area contributed by atoms with Crippen LogP contribution in [0.2, 0.25) is 0 Å². The number of imidazole rings is 2. The summed E-state index contributed by atoms with van der Waals surface area (Å²) in [5.74, 6) is 1.85. The Morgan fingerprint density at radius 2 is 1.33 bits per heavy atom. The first kappa shape index (κ1) is 27.8. The molecule has 8 nitrogen and oxygen atoms in total. The summed E-state index contributed by atoms with van der Waals surface area (Å²) in [6, 6.07) is 26.4. The number of fused-ring (bicyclic) bond motifs is 3. The molecule has 228 valence electrons. The number of rotatable bonds is 4. The fourth-order valence-corrected chi connectivity index (χ4v) is 6.85. The van der Waals surface area contributed by atoms with Gasteiger partial charge in [0.2, 0.25) is 0 Å². The maximum Gasteiger partial charge on any atom is 0.410 e. The third kappa shape index (κ3) is 5.33. The first-order valence-corrected chi connectivity index (χ1v) is 16.0. The molecule has 1 amide bonds. The van der Waals surface area contributed by atoms with Crippen molar-refractivity contribution in [1.29, 1.82) is 0 Å². The summed E-state index contributed by atoms with van der Waals surface area (Å²) in [5, 5.41) is 5.92. The van der Waals surface area contributed by atoms with Crippen molar-refractivity contribution in [3.63, 3.8) is 0 Å². The highest BCUT2D eigenvalue weighted by atomic mass is 16.6. The number of carbonyl (C=O) groups is 1. The molecule has 0 saturated carbocycles. The predicted octanol–water partition coefficient (Wildman–Crippen LogP) is 8.42. The van der Waals surface area contributed by atoms with Crippen LogP contribution in [0.25, 0.3) is 55.1 Å². The number of aromatic nitrogens is 4. The lowest BCUT2D eigenvalue weighted by Gasteiger charge is -2.27. The fourth-order valence-electron chi connectivity index (χ4n) is 6.85. The highest BCUT2D eigenvalue weighted by Crippen LogP contribution is 2.35. The summed E-state index contributed by atoms with van der Waals surface area (Å²) in [7, 11) is 0. The molecule has 0 aliphatic carbocycles. The zero-order valence-electron chi connectivity index (χ0n) is 26.0. The molecule has 0 spiro atoms. The highest BCUT2D eigenvalue weighted by molar-refractivity contribution is 5.93. The average molecular weight is 599 g/mol. The maximum atomic E-state index is 12.9. The van der Waals surface area contributed by atoms with Gasteiger partial charge in [0.15, 0.2) is 0 Å². The molecule has 8 rings (SSSR count). The Balaban J connectivity index is 1.04. The first-order chi connectivity index (χ1) is 21.8. The van der Waals surface area contributed by atoms with Crippen molar-refractivity contribution in [1.82, 2.24) is 30.2 Å². The summed E-state index contributed by atoms with van der Waals surface area (Å²) in [4.78, 5) is 31.4. The Kier molecular flexibility index (Phi) is 6.64. The van der Waals surface area contributed by atoms with Gasteiger partial charge in [0.1, 0.15) is 17.2 Å². The smallest absolute Gasteiger partial charge is 0.410 e. The summed E-state index contributed by atoms with van der Waals surface area (Å²) in [6.45, 7) is 7.43. The number of amides is 1. The normalized spacial score (nSPS) is 18.9. The number of ether oxygens (including phenoxy) is 1. The van der Waals surface area contributed by atoms with E-state index in [9.17, 15) is 4.79 Å². The second kappa shape index (κ2) is 10.7. The lowest BCUT2D eigenvalue weighted by Crippen LogP contribution is -2.36. The zero-order chi connectivity index (χ0) is 30.7. The second-order valence-electron chi connectivity index (χ2n) is 13.5. The maximum absolute atomic E-state index is 12.9. The molecule has 3 N–H and O–H groups in total. The lowest BCUT2D eigenvalue weighted by atomic mass is 9.97. The fraction of sp³-hybridized carbons (Fsp3) is 0.324. The van der Waals surface area contributed by atoms with Crippen molar-refractivity contribution in [2.75, 3.05) is 13.1 Å². The van der Waals surface area contributed by atoms with Crippen LogP contribution in [0.5, 0.6) is 0 Å². The molecule has 2 aliphatic rings. The summed E-state index contributed by atoms with van der Waals surface area (Å²) in [6.07, 6.45) is 3.85. The molecule has 6 aromatic rings. The van der Waals surface area contributed by atoms with E-state index in [1.54, 1.807) is 4.90 Å². The number of nitrogens with one attached hydrogen (secondary N) is 3. The molecule has 2 saturated heterocycles. The molecule has 2 atom stereocenters. The van der Waals surface area contributed by atoms with E-state index >= 15 is 0 Å². The van der Waals surface area contributed by atoms with Crippen molar-refractivity contribution in [3.05, 3.63) is 84.4 Å². The zero-order valence-corrected chi connectivity index (χ0v) is 26.0. The number of carbonyl (C=O) groups excluding carboxylic acids is 1. The molecular weight excluding hydrogens is 560 g/mol. The van der Waals surface area contributed by atoms with Gasteiger partial charge < -0.3 is 20.0 Å². The van der Waals surface area contributed by atoms with E-state index in [2.05, 4.69) is 88.1 Å². The third-order valence-corrected chi connectivity index (χ3v) is 9.09. The Bertz CT molecular complexity index is 2060. The van der Waals surface area contributed by atoms with Gasteiger partial charge in [-0.25, -0.2) is 14.8 Å². The van der Waals surface area contributed by atoms with Crippen LogP contribution in [0.1, 0.15) is 70.2 Å². The molecule has 8 heteroatoms. The predicted molar refractivity (Wildman–Crippen MR) is 179 cm³/mol. The molecular formula is C37H38N6O2. The quantitative estimate of drug-likeness (QED) is 0.189. The van der Waals surface area contributed by atoms with Crippen molar-refractivity contribution in [3.8, 4) is 22.3 Å². The average Bonchev–Trinajstić information content (AvgIpc) is 3.84. The molecule has 4 heterocycles. The highest BCUT2D eigenvalue weighted by Gasteiger charge is 2.35. The van der Waals surface area contributed by atoms with E-state index in [1.165, 1.54) is 28.3 Å². The van der Waals surface area contributed by atoms with Gasteiger partial charge in [-0.3, -0.25) is 4.90 Å². The van der Waals surface area contributed by atoms with Crippen molar-refractivity contribution < 1.29 is 9.53 Å². The largest absolute Gasteiger partial charge is 0.444 e. The number of hydrogen-bond donors (Lipinski definition) is 3. The third-order valence-electron chi connectivity index (χ3n) is 9.09. The van der Waals surface area contributed by atoms with Crippen LogP contribution in [-0.4, -0.2) is 49.6 Å². The monoisotopic (exact) mass is 598 g/mol. The Hall–Kier alpha value is -4.69. The topological polar surface area (TPSA) is 98.9 Å². The summed E-state index contributed by atoms with van der Waals surface area (Å²) in [5.41, 5.74) is 8.06. The Morgan fingerprint density at radius 3 is 1.93 bits per heavy atom. The van der Waals surface area contributed by atoms with Gasteiger partial charge >= 0.3 is 6.09 Å². The van der Waals surface area contributed by atoms with Crippen molar-refractivity contribution in [2.24, 2.45) is 0 Å². The van der Waals surface area contributed by atoms with Gasteiger partial charge in [0, 0.05) is 6.54 Å². The lowest BCUT2D eigenvalue weighted by molar-refractivity contribution is 0.0219. The molecule has 0 radical (unpaired) electrons. The SMILES string of the molecule is CC(C)(C)OC(=O)N1CCC[C@H]1c1nc2ccc(-c3ccc4cc(-c5ccc6nc(C7CCCN7)[nH]c6c5)ccc4c3)cc2[nH]1. The number of hydrogen-bond acceptors (Lipinski definition) is 5. The minimum Gasteiger partial charge on any atom is -0.444 e. The molecule has 2 aliphatic heterocycles. The van der Waals surface area contributed by atoms with Gasteiger partial charge in [-0.05, 0) is 122 Å². The van der Waals surface area contributed by atoms with Crippen LogP contribution in [0, 0.1) is 0 Å². The van der Waals surface area contributed by atoms with Crippen LogP contribution in [0.4, 0.5) is 4.79 Å². The van der Waals surface area contributed by atoms with Crippen LogP contribution < -0.4 is 5.32 Å². The number of aromatic amines is 2. The van der Waals surface area contributed by atoms with Crippen molar-refractivity contribution >= 4 is 38.9 Å². The van der Waals surface area contributed by atoms with Crippen molar-refractivity contribution in [2.45, 2.75) is 64.1 Å². The van der Waals surface area contributed by atoms with Gasteiger partial charge in [0.05, 0.1) is 34.2 Å². The number of nitrogens with zero attached hydrogens (tertiary/aromatic N) is 3. The molecule has 0 bridgehead atoms. The van der Waals surface area contributed by atoms with E-state index in [0.717, 1.165) is 70.6 Å². The minimum absolute atomic E-state index is 0.106. The molecule has 2 fully saturated rings. The van der Waals surface area contributed by atoms with Gasteiger partial charge in [-0.1, -0.05) is 36.4 Å². The summed E-state index contributed by atoms with van der Waals surface area (Å²) < 4.78 is 5.67. The molecule has 45 heavy (non-hydrogen) atoms. The molecule has 2 aromatic heterocycles. The second-order valence-corrected chi connectivity index (χ2v) is 13.5. The number of benzene rings is 4. The summed E-state index contributed by atoms with van der Waals surface area (Å²) >= 11 is 0. The van der Waals surface area contributed by atoms with Gasteiger partial charge in [-0.15, -0.1) is 0 Å².